The average Bonchev–Trinajstić information content (AvgIpc) is 3.08. The summed E-state index contributed by atoms with van der Waals surface area (Å²) in [6, 6.07) is 12.4. The van der Waals surface area contributed by atoms with Crippen LogP contribution in [0.15, 0.2) is 58.8 Å². The Hall–Kier alpha value is -3.73. The average molecular weight is 427 g/mol. The molecule has 0 saturated carbocycles. The van der Waals surface area contributed by atoms with Crippen molar-refractivity contribution >= 4 is 41.3 Å². The molecule has 0 aliphatic carbocycles. The number of hydrogen-bond acceptors (Lipinski definition) is 8. The van der Waals surface area contributed by atoms with Gasteiger partial charge in [-0.2, -0.15) is 5.10 Å². The highest BCUT2D eigenvalue weighted by molar-refractivity contribution is 7.99. The number of carbonyl (C=O) groups is 2. The number of amides is 1. The van der Waals surface area contributed by atoms with Crippen molar-refractivity contribution in [3.05, 3.63) is 65.5 Å². The van der Waals surface area contributed by atoms with E-state index in [0.717, 1.165) is 11.8 Å². The zero-order valence-electron chi connectivity index (χ0n) is 15.9. The Morgan fingerprint density at radius 1 is 1.17 bits per heavy atom. The highest BCUT2D eigenvalue weighted by Gasteiger charge is 2.12. The number of nitrogens with two attached hydrogens (primary N) is 1. The van der Waals surface area contributed by atoms with Crippen LogP contribution in [-0.2, 0) is 4.79 Å². The maximum Gasteiger partial charge on any atom is 0.264 e. The molecule has 2 aromatic carbocycles. The summed E-state index contributed by atoms with van der Waals surface area (Å²) in [5.74, 6) is 5.50. The number of thioether (sulfide) groups is 1. The SMILES string of the molecule is CC(=O)c1ccc(NC(=O)CSc2nnc(N/N=C/c3ccc(F)cc3)n2N)cc1. The fraction of sp³-hybridized carbons (Fsp3) is 0.105. The first kappa shape index (κ1) is 21.0. The first-order valence-corrected chi connectivity index (χ1v) is 9.70. The molecule has 0 atom stereocenters. The van der Waals surface area contributed by atoms with Gasteiger partial charge in [0.2, 0.25) is 11.1 Å². The Balaban J connectivity index is 1.51. The van der Waals surface area contributed by atoms with Crippen LogP contribution in [0, 0.1) is 5.82 Å². The van der Waals surface area contributed by atoms with Crippen LogP contribution in [0.2, 0.25) is 0 Å². The van der Waals surface area contributed by atoms with Crippen LogP contribution in [0.4, 0.5) is 16.0 Å². The number of aromatic nitrogens is 3. The fourth-order valence-corrected chi connectivity index (χ4v) is 2.94. The molecule has 1 aromatic heterocycles. The Morgan fingerprint density at radius 2 is 1.87 bits per heavy atom. The van der Waals surface area contributed by atoms with Gasteiger partial charge in [0.05, 0.1) is 12.0 Å². The van der Waals surface area contributed by atoms with E-state index in [0.29, 0.717) is 22.0 Å². The lowest BCUT2D eigenvalue weighted by Crippen LogP contribution is -2.17. The van der Waals surface area contributed by atoms with Crippen LogP contribution in [0.25, 0.3) is 0 Å². The van der Waals surface area contributed by atoms with Crippen molar-refractivity contribution in [3.63, 3.8) is 0 Å². The zero-order valence-corrected chi connectivity index (χ0v) is 16.7. The van der Waals surface area contributed by atoms with E-state index in [1.807, 2.05) is 0 Å². The van der Waals surface area contributed by atoms with E-state index in [9.17, 15) is 14.0 Å². The summed E-state index contributed by atoms with van der Waals surface area (Å²) in [6.45, 7) is 1.48. The minimum Gasteiger partial charge on any atom is -0.334 e. The number of hydrazone groups is 1. The molecule has 0 aliphatic heterocycles. The topological polar surface area (TPSA) is 127 Å². The summed E-state index contributed by atoms with van der Waals surface area (Å²) in [4.78, 5) is 23.4. The lowest BCUT2D eigenvalue weighted by atomic mass is 10.1. The predicted molar refractivity (Wildman–Crippen MR) is 114 cm³/mol. The van der Waals surface area contributed by atoms with Gasteiger partial charge in [0.25, 0.3) is 5.95 Å². The number of ketones is 1. The first-order valence-electron chi connectivity index (χ1n) is 8.71. The van der Waals surface area contributed by atoms with Crippen molar-refractivity contribution < 1.29 is 14.0 Å². The lowest BCUT2D eigenvalue weighted by Gasteiger charge is -2.06. The van der Waals surface area contributed by atoms with Crippen molar-refractivity contribution in [3.8, 4) is 0 Å². The Kier molecular flexibility index (Phi) is 6.75. The number of halogens is 1. The third-order valence-corrected chi connectivity index (χ3v) is 4.76. The van der Waals surface area contributed by atoms with Gasteiger partial charge in [0.15, 0.2) is 5.78 Å². The fourth-order valence-electron chi connectivity index (χ4n) is 2.28. The number of carbonyl (C=O) groups excluding carboxylic acids is 2. The number of Topliss-reactive ketones (excluding diaryl/α,β-unsaturated/α-hetero) is 1. The van der Waals surface area contributed by atoms with E-state index >= 15 is 0 Å². The second kappa shape index (κ2) is 9.65. The minimum absolute atomic E-state index is 0.0443. The minimum atomic E-state index is -0.333. The number of anilines is 2. The molecule has 30 heavy (non-hydrogen) atoms. The molecule has 0 saturated heterocycles. The molecule has 0 radical (unpaired) electrons. The molecule has 1 heterocycles. The molecule has 3 aromatic rings. The van der Waals surface area contributed by atoms with Crippen molar-refractivity contribution in [1.82, 2.24) is 14.9 Å². The van der Waals surface area contributed by atoms with E-state index < -0.39 is 0 Å². The third kappa shape index (κ3) is 5.64. The number of rotatable bonds is 8. The van der Waals surface area contributed by atoms with E-state index in [-0.39, 0.29) is 29.2 Å². The number of nitrogen functional groups attached to an aromatic ring is 1. The Labute approximate surface area is 175 Å². The molecule has 0 aliphatic rings. The summed E-state index contributed by atoms with van der Waals surface area (Å²) in [7, 11) is 0. The van der Waals surface area contributed by atoms with Crippen molar-refractivity contribution in [2.75, 3.05) is 22.3 Å². The zero-order chi connectivity index (χ0) is 21.5. The second-order valence-corrected chi connectivity index (χ2v) is 7.01. The van der Waals surface area contributed by atoms with E-state index in [1.54, 1.807) is 36.4 Å². The molecule has 4 N–H and O–H groups in total. The van der Waals surface area contributed by atoms with Crippen LogP contribution in [0.5, 0.6) is 0 Å². The molecule has 3 rings (SSSR count). The van der Waals surface area contributed by atoms with Gasteiger partial charge in [-0.25, -0.2) is 14.5 Å². The molecule has 11 heteroatoms. The Bertz CT molecular complexity index is 1070. The summed E-state index contributed by atoms with van der Waals surface area (Å²) in [5, 5.41) is 14.8. The molecule has 154 valence electrons. The largest absolute Gasteiger partial charge is 0.334 e. The van der Waals surface area contributed by atoms with Crippen LogP contribution in [0.3, 0.4) is 0 Å². The van der Waals surface area contributed by atoms with Gasteiger partial charge in [-0.1, -0.05) is 23.9 Å². The van der Waals surface area contributed by atoms with Crippen molar-refractivity contribution in [2.24, 2.45) is 5.10 Å². The highest BCUT2D eigenvalue weighted by Crippen LogP contribution is 2.17. The molecule has 9 nitrogen and oxygen atoms in total. The lowest BCUT2D eigenvalue weighted by molar-refractivity contribution is -0.113. The maximum atomic E-state index is 12.9. The van der Waals surface area contributed by atoms with Crippen LogP contribution < -0.4 is 16.6 Å². The molecule has 0 bridgehead atoms. The van der Waals surface area contributed by atoms with Crippen LogP contribution in [-0.4, -0.2) is 38.5 Å². The second-order valence-electron chi connectivity index (χ2n) is 6.07. The van der Waals surface area contributed by atoms with Gasteiger partial charge in [-0.3, -0.25) is 9.59 Å². The third-order valence-electron chi connectivity index (χ3n) is 3.82. The molecule has 0 unspecified atom stereocenters. The standard InChI is InChI=1S/C19H18FN7O2S/c1-12(28)14-4-8-16(9-5-14)23-17(29)11-30-19-26-25-18(27(19)21)24-22-10-13-2-6-15(20)7-3-13/h2-10H,11,21H2,1H3,(H,23,29)(H,24,25)/b22-10+. The van der Waals surface area contributed by atoms with Gasteiger partial charge in [0, 0.05) is 11.3 Å². The molecule has 0 fully saturated rings. The summed E-state index contributed by atoms with van der Waals surface area (Å²) >= 11 is 1.10. The van der Waals surface area contributed by atoms with E-state index in [2.05, 4.69) is 26.0 Å². The number of nitrogens with one attached hydrogen (secondary N) is 2. The first-order chi connectivity index (χ1) is 14.4. The molecular formula is C19H18FN7O2S. The van der Waals surface area contributed by atoms with Crippen molar-refractivity contribution in [1.29, 1.82) is 0 Å². The Morgan fingerprint density at radius 3 is 2.53 bits per heavy atom. The van der Waals surface area contributed by atoms with E-state index in [4.69, 9.17) is 5.84 Å². The van der Waals surface area contributed by atoms with Crippen LogP contribution >= 0.6 is 11.8 Å². The molecule has 1 amide bonds. The highest BCUT2D eigenvalue weighted by atomic mass is 32.2. The quantitative estimate of drug-likeness (QED) is 0.166. The van der Waals surface area contributed by atoms with Gasteiger partial charge in [-0.15, -0.1) is 10.2 Å². The summed E-state index contributed by atoms with van der Waals surface area (Å²) in [5.41, 5.74) is 4.48. The number of benzene rings is 2. The van der Waals surface area contributed by atoms with E-state index in [1.165, 1.54) is 29.9 Å². The summed E-state index contributed by atoms with van der Waals surface area (Å²) in [6.07, 6.45) is 1.48. The van der Waals surface area contributed by atoms with Gasteiger partial charge >= 0.3 is 0 Å². The van der Waals surface area contributed by atoms with Gasteiger partial charge in [0.1, 0.15) is 5.82 Å². The van der Waals surface area contributed by atoms with Crippen molar-refractivity contribution in [2.45, 2.75) is 12.1 Å². The molecular weight excluding hydrogens is 409 g/mol. The van der Waals surface area contributed by atoms with Crippen LogP contribution in [0.1, 0.15) is 22.8 Å². The van der Waals surface area contributed by atoms with Gasteiger partial charge < -0.3 is 11.2 Å². The number of nitrogens with zero attached hydrogens (tertiary/aromatic N) is 4. The summed E-state index contributed by atoms with van der Waals surface area (Å²) < 4.78 is 14.1. The number of hydrogen-bond donors (Lipinski definition) is 3. The normalized spacial score (nSPS) is 10.9. The maximum absolute atomic E-state index is 12.9. The molecule has 0 spiro atoms. The smallest absolute Gasteiger partial charge is 0.264 e. The monoisotopic (exact) mass is 427 g/mol. The predicted octanol–water partition coefficient (Wildman–Crippen LogP) is 2.51. The van der Waals surface area contributed by atoms with Gasteiger partial charge in [-0.05, 0) is 48.9 Å².